The van der Waals surface area contributed by atoms with Crippen molar-refractivity contribution in [2.75, 3.05) is 6.54 Å². The first-order chi connectivity index (χ1) is 10.1. The number of carboxylic acid groups (broad SMARTS) is 1. The van der Waals surface area contributed by atoms with Crippen LogP contribution in [0.1, 0.15) is 43.2 Å². The highest BCUT2D eigenvalue weighted by molar-refractivity contribution is 5.70. The van der Waals surface area contributed by atoms with Crippen LogP contribution in [0.3, 0.4) is 0 Å². The molecule has 0 radical (unpaired) electrons. The number of benzene rings is 1. The highest BCUT2D eigenvalue weighted by Gasteiger charge is 2.30. The number of alkyl halides is 2. The van der Waals surface area contributed by atoms with Crippen LogP contribution >= 0.6 is 0 Å². The van der Waals surface area contributed by atoms with Crippen LogP contribution in [0.5, 0.6) is 0 Å². The Kier molecular flexibility index (Phi) is 5.67. The summed E-state index contributed by atoms with van der Waals surface area (Å²) >= 11 is 0. The highest BCUT2D eigenvalue weighted by atomic mass is 19.3. The Morgan fingerprint density at radius 2 is 1.90 bits per heavy atom. The van der Waals surface area contributed by atoms with Crippen LogP contribution in [0.15, 0.2) is 24.3 Å². The van der Waals surface area contributed by atoms with Crippen molar-refractivity contribution in [1.29, 1.82) is 0 Å². The second-order valence-corrected chi connectivity index (χ2v) is 5.66. The standard InChI is InChI=1S/C16H21F2NO2/c17-15(18)12-7-5-11(6-8-12)9-19-10-13-3-1-2-4-14(13)16(20)21/h5-8,13-15,19H,1-4,9-10H2,(H,20,21). The van der Waals surface area contributed by atoms with Crippen molar-refractivity contribution < 1.29 is 18.7 Å². The fraction of sp³-hybridized carbons (Fsp3) is 0.562. The minimum atomic E-state index is -2.44. The molecule has 2 N–H and O–H groups in total. The summed E-state index contributed by atoms with van der Waals surface area (Å²) < 4.78 is 24.9. The van der Waals surface area contributed by atoms with Gasteiger partial charge in [0.1, 0.15) is 0 Å². The minimum absolute atomic E-state index is 0.0250. The lowest BCUT2D eigenvalue weighted by atomic mass is 9.79. The van der Waals surface area contributed by atoms with Crippen LogP contribution in [0.4, 0.5) is 8.78 Å². The Bertz CT molecular complexity index is 462. The predicted molar refractivity (Wildman–Crippen MR) is 76.2 cm³/mol. The lowest BCUT2D eigenvalue weighted by Crippen LogP contribution is -2.34. The fourth-order valence-electron chi connectivity index (χ4n) is 2.96. The van der Waals surface area contributed by atoms with Gasteiger partial charge in [0, 0.05) is 12.1 Å². The molecule has 2 rings (SSSR count). The van der Waals surface area contributed by atoms with E-state index in [1.54, 1.807) is 12.1 Å². The predicted octanol–water partition coefficient (Wildman–Crippen LogP) is 3.60. The van der Waals surface area contributed by atoms with E-state index in [1.165, 1.54) is 12.1 Å². The topological polar surface area (TPSA) is 49.3 Å². The van der Waals surface area contributed by atoms with Gasteiger partial charge in [-0.1, -0.05) is 37.1 Å². The minimum Gasteiger partial charge on any atom is -0.481 e. The van der Waals surface area contributed by atoms with Crippen LogP contribution in [-0.4, -0.2) is 17.6 Å². The molecular weight excluding hydrogens is 276 g/mol. The van der Waals surface area contributed by atoms with Gasteiger partial charge in [0.25, 0.3) is 6.43 Å². The number of hydrogen-bond acceptors (Lipinski definition) is 2. The number of rotatable bonds is 6. The molecule has 2 unspecified atom stereocenters. The maximum absolute atomic E-state index is 12.4. The van der Waals surface area contributed by atoms with Gasteiger partial charge in [-0.25, -0.2) is 8.78 Å². The average molecular weight is 297 g/mol. The summed E-state index contributed by atoms with van der Waals surface area (Å²) in [5, 5.41) is 12.5. The van der Waals surface area contributed by atoms with Gasteiger partial charge in [-0.2, -0.15) is 0 Å². The number of aliphatic carboxylic acids is 1. The van der Waals surface area contributed by atoms with E-state index < -0.39 is 12.4 Å². The molecule has 1 saturated carbocycles. The molecule has 21 heavy (non-hydrogen) atoms. The van der Waals surface area contributed by atoms with Gasteiger partial charge in [0.05, 0.1) is 5.92 Å². The molecule has 0 spiro atoms. The van der Waals surface area contributed by atoms with Gasteiger partial charge in [0.2, 0.25) is 0 Å². The van der Waals surface area contributed by atoms with Crippen LogP contribution in [-0.2, 0) is 11.3 Å². The van der Waals surface area contributed by atoms with Crippen LogP contribution < -0.4 is 5.32 Å². The Morgan fingerprint density at radius 1 is 1.24 bits per heavy atom. The molecule has 5 heteroatoms. The summed E-state index contributed by atoms with van der Waals surface area (Å²) in [5.41, 5.74) is 0.957. The molecule has 3 nitrogen and oxygen atoms in total. The molecule has 1 fully saturated rings. The largest absolute Gasteiger partial charge is 0.481 e. The first-order valence-corrected chi connectivity index (χ1v) is 7.38. The molecule has 0 saturated heterocycles. The quantitative estimate of drug-likeness (QED) is 0.843. The summed E-state index contributed by atoms with van der Waals surface area (Å²) in [6.07, 6.45) is 1.33. The molecule has 116 valence electrons. The molecule has 1 aromatic rings. The normalized spacial score (nSPS) is 22.4. The van der Waals surface area contributed by atoms with Gasteiger partial charge >= 0.3 is 5.97 Å². The maximum atomic E-state index is 12.4. The zero-order chi connectivity index (χ0) is 15.2. The molecule has 0 aliphatic heterocycles. The third kappa shape index (κ3) is 4.49. The molecule has 0 aromatic heterocycles. The maximum Gasteiger partial charge on any atom is 0.306 e. The van der Waals surface area contributed by atoms with Crippen LogP contribution in [0, 0.1) is 11.8 Å². The SMILES string of the molecule is O=C(O)C1CCCCC1CNCc1ccc(C(F)F)cc1. The molecule has 0 heterocycles. The first-order valence-electron chi connectivity index (χ1n) is 7.38. The summed E-state index contributed by atoms with van der Waals surface area (Å²) in [4.78, 5) is 11.2. The van der Waals surface area contributed by atoms with Crippen molar-refractivity contribution in [2.24, 2.45) is 11.8 Å². The second kappa shape index (κ2) is 7.50. The van der Waals surface area contributed by atoms with E-state index in [-0.39, 0.29) is 17.4 Å². The van der Waals surface area contributed by atoms with Crippen molar-refractivity contribution in [3.8, 4) is 0 Å². The molecule has 0 amide bonds. The van der Waals surface area contributed by atoms with Crippen molar-refractivity contribution >= 4 is 5.97 Å². The summed E-state index contributed by atoms with van der Waals surface area (Å²) in [6, 6.07) is 6.23. The summed E-state index contributed by atoms with van der Waals surface area (Å²) in [7, 11) is 0. The Hall–Kier alpha value is -1.49. The summed E-state index contributed by atoms with van der Waals surface area (Å²) in [6.45, 7) is 1.24. The Labute approximate surface area is 123 Å². The molecule has 1 aromatic carbocycles. The smallest absolute Gasteiger partial charge is 0.306 e. The number of hydrogen-bond donors (Lipinski definition) is 2. The van der Waals surface area contributed by atoms with Gasteiger partial charge in [-0.15, -0.1) is 0 Å². The van der Waals surface area contributed by atoms with E-state index in [4.69, 9.17) is 0 Å². The Balaban J connectivity index is 1.81. The highest BCUT2D eigenvalue weighted by Crippen LogP contribution is 2.29. The van der Waals surface area contributed by atoms with Crippen molar-refractivity contribution in [1.82, 2.24) is 5.32 Å². The number of carbonyl (C=O) groups is 1. The van der Waals surface area contributed by atoms with Crippen molar-refractivity contribution in [3.63, 3.8) is 0 Å². The van der Waals surface area contributed by atoms with Gasteiger partial charge < -0.3 is 10.4 Å². The van der Waals surface area contributed by atoms with Gasteiger partial charge in [-0.3, -0.25) is 4.79 Å². The third-order valence-electron chi connectivity index (χ3n) is 4.19. The zero-order valence-electron chi connectivity index (χ0n) is 11.9. The van der Waals surface area contributed by atoms with Gasteiger partial charge in [-0.05, 0) is 30.9 Å². The number of nitrogens with one attached hydrogen (secondary N) is 1. The molecule has 0 bridgehead atoms. The molecule has 1 aliphatic rings. The molecular formula is C16H21F2NO2. The monoisotopic (exact) mass is 297 g/mol. The second-order valence-electron chi connectivity index (χ2n) is 5.66. The number of carboxylic acids is 1. The van der Waals surface area contributed by atoms with Crippen LogP contribution in [0.25, 0.3) is 0 Å². The van der Waals surface area contributed by atoms with E-state index in [0.29, 0.717) is 13.1 Å². The lowest BCUT2D eigenvalue weighted by Gasteiger charge is -2.28. The van der Waals surface area contributed by atoms with E-state index in [2.05, 4.69) is 5.32 Å². The van der Waals surface area contributed by atoms with E-state index in [9.17, 15) is 18.7 Å². The van der Waals surface area contributed by atoms with E-state index in [0.717, 1.165) is 31.2 Å². The van der Waals surface area contributed by atoms with Crippen molar-refractivity contribution in [2.45, 2.75) is 38.7 Å². The molecule has 2 atom stereocenters. The lowest BCUT2D eigenvalue weighted by molar-refractivity contribution is -0.144. The molecule has 1 aliphatic carbocycles. The number of halogens is 2. The van der Waals surface area contributed by atoms with Crippen LogP contribution in [0.2, 0.25) is 0 Å². The fourth-order valence-corrected chi connectivity index (χ4v) is 2.96. The van der Waals surface area contributed by atoms with E-state index >= 15 is 0 Å². The Morgan fingerprint density at radius 3 is 2.52 bits per heavy atom. The first kappa shape index (κ1) is 15.9. The van der Waals surface area contributed by atoms with E-state index in [1.807, 2.05) is 0 Å². The summed E-state index contributed by atoms with van der Waals surface area (Å²) in [5.74, 6) is -0.799. The third-order valence-corrected chi connectivity index (χ3v) is 4.19. The van der Waals surface area contributed by atoms with Gasteiger partial charge in [0.15, 0.2) is 0 Å². The zero-order valence-corrected chi connectivity index (χ0v) is 11.9. The average Bonchev–Trinajstić information content (AvgIpc) is 2.48. The van der Waals surface area contributed by atoms with Crippen molar-refractivity contribution in [3.05, 3.63) is 35.4 Å².